The van der Waals surface area contributed by atoms with Crippen LogP contribution >= 0.6 is 0 Å². The van der Waals surface area contributed by atoms with Crippen molar-refractivity contribution in [2.24, 2.45) is 0 Å². The third-order valence-corrected chi connectivity index (χ3v) is 2.97. The smallest absolute Gasteiger partial charge is 0.261 e. The molecule has 1 aliphatic rings. The van der Waals surface area contributed by atoms with Gasteiger partial charge < -0.3 is 9.47 Å². The lowest BCUT2D eigenvalue weighted by Gasteiger charge is -2.13. The first-order chi connectivity index (χ1) is 9.75. The van der Waals surface area contributed by atoms with Crippen molar-refractivity contribution >= 4 is 19.7 Å². The standard InChI is InChI=1S/C14H16BNO4/c15-5-7-19-9-10-20-8-6-16-13(17)11-3-1-2-4-12(11)14(16)18/h1-4H,5-10H2. The van der Waals surface area contributed by atoms with E-state index in [2.05, 4.69) is 0 Å². The molecule has 0 fully saturated rings. The Hall–Kier alpha value is -1.66. The van der Waals surface area contributed by atoms with Gasteiger partial charge in [0.1, 0.15) is 0 Å². The molecule has 1 aromatic rings. The highest BCUT2D eigenvalue weighted by atomic mass is 16.5. The summed E-state index contributed by atoms with van der Waals surface area (Å²) in [6.07, 6.45) is 0.481. The normalized spacial score (nSPS) is 13.9. The SMILES string of the molecule is [B]CCOCCOCCN1C(=O)c2ccccc2C1=O. The Kier molecular flexibility index (Phi) is 5.32. The summed E-state index contributed by atoms with van der Waals surface area (Å²) < 4.78 is 10.5. The molecule has 0 N–H and O–H groups in total. The Morgan fingerprint density at radius 1 is 0.900 bits per heavy atom. The zero-order valence-corrected chi connectivity index (χ0v) is 11.2. The fourth-order valence-corrected chi connectivity index (χ4v) is 2.00. The van der Waals surface area contributed by atoms with Crippen molar-refractivity contribution in [1.29, 1.82) is 0 Å². The topological polar surface area (TPSA) is 55.8 Å². The van der Waals surface area contributed by atoms with Gasteiger partial charge in [-0.15, -0.1) is 0 Å². The Balaban J connectivity index is 1.75. The highest BCUT2D eigenvalue weighted by molar-refractivity contribution is 6.21. The van der Waals surface area contributed by atoms with Gasteiger partial charge in [0, 0.05) is 6.61 Å². The molecule has 1 aliphatic heterocycles. The Labute approximate surface area is 119 Å². The van der Waals surface area contributed by atoms with Crippen LogP contribution in [0.4, 0.5) is 0 Å². The average Bonchev–Trinajstić information content (AvgIpc) is 2.71. The molecule has 0 saturated heterocycles. The summed E-state index contributed by atoms with van der Waals surface area (Å²) in [4.78, 5) is 25.3. The lowest BCUT2D eigenvalue weighted by molar-refractivity contribution is 0.0384. The first-order valence-corrected chi connectivity index (χ1v) is 6.56. The predicted molar refractivity (Wildman–Crippen MR) is 74.0 cm³/mol. The van der Waals surface area contributed by atoms with E-state index in [0.29, 0.717) is 43.9 Å². The first-order valence-electron chi connectivity index (χ1n) is 6.56. The monoisotopic (exact) mass is 273 g/mol. The van der Waals surface area contributed by atoms with E-state index >= 15 is 0 Å². The summed E-state index contributed by atoms with van der Waals surface area (Å²) in [7, 11) is 5.28. The number of ether oxygens (including phenoxy) is 2. The minimum absolute atomic E-state index is 0.253. The number of amides is 2. The number of hydrogen-bond acceptors (Lipinski definition) is 4. The maximum Gasteiger partial charge on any atom is 0.261 e. The van der Waals surface area contributed by atoms with Crippen molar-refractivity contribution in [3.8, 4) is 0 Å². The summed E-state index contributed by atoms with van der Waals surface area (Å²) >= 11 is 0. The molecule has 2 radical (unpaired) electrons. The van der Waals surface area contributed by atoms with Crippen LogP contribution in [-0.4, -0.2) is 57.5 Å². The van der Waals surface area contributed by atoms with E-state index < -0.39 is 0 Å². The van der Waals surface area contributed by atoms with Crippen LogP contribution in [0.25, 0.3) is 0 Å². The maximum absolute atomic E-state index is 12.0. The quantitative estimate of drug-likeness (QED) is 0.401. The maximum atomic E-state index is 12.0. The summed E-state index contributed by atoms with van der Waals surface area (Å²) in [6.45, 7) is 1.94. The first kappa shape index (κ1) is 14.7. The molecule has 104 valence electrons. The van der Waals surface area contributed by atoms with E-state index in [1.165, 1.54) is 4.90 Å². The van der Waals surface area contributed by atoms with Crippen LogP contribution in [0.2, 0.25) is 6.32 Å². The van der Waals surface area contributed by atoms with E-state index in [1.807, 2.05) is 0 Å². The second-order valence-corrected chi connectivity index (χ2v) is 4.32. The summed E-state index contributed by atoms with van der Waals surface area (Å²) in [6, 6.07) is 6.83. The fourth-order valence-electron chi connectivity index (χ4n) is 2.00. The van der Waals surface area contributed by atoms with Gasteiger partial charge in [0.2, 0.25) is 0 Å². The molecule has 0 atom stereocenters. The van der Waals surface area contributed by atoms with Crippen molar-refractivity contribution in [2.75, 3.05) is 33.0 Å². The average molecular weight is 273 g/mol. The molecule has 2 rings (SSSR count). The number of fused-ring (bicyclic) bond motifs is 1. The Bertz CT molecular complexity index is 457. The molecule has 5 nitrogen and oxygen atoms in total. The number of imide groups is 1. The lowest BCUT2D eigenvalue weighted by atomic mass is 10.1. The van der Waals surface area contributed by atoms with E-state index in [4.69, 9.17) is 17.3 Å². The van der Waals surface area contributed by atoms with E-state index in [0.717, 1.165) is 0 Å². The van der Waals surface area contributed by atoms with E-state index in [9.17, 15) is 9.59 Å². The molecule has 2 amide bonds. The Morgan fingerprint density at radius 2 is 1.45 bits per heavy atom. The third-order valence-electron chi connectivity index (χ3n) is 2.97. The van der Waals surface area contributed by atoms with Crippen molar-refractivity contribution in [1.82, 2.24) is 4.90 Å². The van der Waals surface area contributed by atoms with Gasteiger partial charge in [0.05, 0.1) is 45.3 Å². The fraction of sp³-hybridized carbons (Fsp3) is 0.429. The zero-order chi connectivity index (χ0) is 14.4. The van der Waals surface area contributed by atoms with Gasteiger partial charge in [0.25, 0.3) is 11.8 Å². The number of nitrogens with zero attached hydrogens (tertiary/aromatic N) is 1. The van der Waals surface area contributed by atoms with Crippen LogP contribution in [0.15, 0.2) is 24.3 Å². The van der Waals surface area contributed by atoms with Crippen molar-refractivity contribution < 1.29 is 19.1 Å². The third kappa shape index (κ3) is 3.26. The molecular formula is C14H16BNO4. The minimum Gasteiger partial charge on any atom is -0.380 e. The molecule has 0 unspecified atom stereocenters. The van der Waals surface area contributed by atoms with Gasteiger partial charge in [-0.3, -0.25) is 14.5 Å². The van der Waals surface area contributed by atoms with Gasteiger partial charge in [-0.1, -0.05) is 18.5 Å². The van der Waals surface area contributed by atoms with Crippen LogP contribution in [0, 0.1) is 0 Å². The van der Waals surface area contributed by atoms with Crippen molar-refractivity contribution in [3.05, 3.63) is 35.4 Å². The van der Waals surface area contributed by atoms with Gasteiger partial charge in [-0.25, -0.2) is 0 Å². The molecule has 1 heterocycles. The molecule has 0 spiro atoms. The number of carbonyl (C=O) groups excluding carboxylic acids is 2. The van der Waals surface area contributed by atoms with Crippen LogP contribution < -0.4 is 0 Å². The summed E-state index contributed by atoms with van der Waals surface area (Å²) in [5.41, 5.74) is 0.924. The molecule has 0 aliphatic carbocycles. The molecule has 1 aromatic carbocycles. The summed E-state index contributed by atoms with van der Waals surface area (Å²) in [5.74, 6) is -0.512. The Morgan fingerprint density at radius 3 is 2.00 bits per heavy atom. The van der Waals surface area contributed by atoms with Gasteiger partial charge >= 0.3 is 0 Å². The zero-order valence-electron chi connectivity index (χ0n) is 11.2. The largest absolute Gasteiger partial charge is 0.380 e. The molecule has 20 heavy (non-hydrogen) atoms. The van der Waals surface area contributed by atoms with Gasteiger partial charge in [-0.2, -0.15) is 0 Å². The lowest BCUT2D eigenvalue weighted by Crippen LogP contribution is -2.33. The highest BCUT2D eigenvalue weighted by Crippen LogP contribution is 2.21. The van der Waals surface area contributed by atoms with E-state index in [1.54, 1.807) is 24.3 Å². The van der Waals surface area contributed by atoms with Crippen LogP contribution in [0.1, 0.15) is 20.7 Å². The van der Waals surface area contributed by atoms with Gasteiger partial charge in [-0.05, 0) is 12.1 Å². The minimum atomic E-state index is -0.256. The molecule has 0 aromatic heterocycles. The number of carbonyl (C=O) groups is 2. The number of benzene rings is 1. The molecule has 0 saturated carbocycles. The van der Waals surface area contributed by atoms with Crippen molar-refractivity contribution in [3.63, 3.8) is 0 Å². The molecular weight excluding hydrogens is 257 g/mol. The van der Waals surface area contributed by atoms with Crippen LogP contribution in [-0.2, 0) is 9.47 Å². The molecule has 6 heteroatoms. The van der Waals surface area contributed by atoms with Crippen LogP contribution in [0.3, 0.4) is 0 Å². The second kappa shape index (κ2) is 7.21. The second-order valence-electron chi connectivity index (χ2n) is 4.32. The number of rotatable bonds is 8. The van der Waals surface area contributed by atoms with Gasteiger partial charge in [0.15, 0.2) is 0 Å². The highest BCUT2D eigenvalue weighted by Gasteiger charge is 2.34. The molecule has 0 bridgehead atoms. The number of hydrogen-bond donors (Lipinski definition) is 0. The predicted octanol–water partition coefficient (Wildman–Crippen LogP) is 0.903. The summed E-state index contributed by atoms with van der Waals surface area (Å²) in [5, 5.41) is 0. The van der Waals surface area contributed by atoms with Crippen molar-refractivity contribution in [2.45, 2.75) is 6.32 Å². The van der Waals surface area contributed by atoms with Crippen LogP contribution in [0.5, 0.6) is 0 Å². The van der Waals surface area contributed by atoms with E-state index in [-0.39, 0.29) is 18.4 Å².